The zero-order valence-corrected chi connectivity index (χ0v) is 49.5. The Hall–Kier alpha value is -1.01. The molecule has 2 saturated heterocycles. The first-order valence-electron chi connectivity index (χ1n) is 32.8. The molecule has 0 saturated carbocycles. The molecule has 14 nitrogen and oxygen atoms in total. The second kappa shape index (κ2) is 49.6. The van der Waals surface area contributed by atoms with Crippen molar-refractivity contribution in [3.05, 3.63) is 0 Å². The number of aliphatic hydroxyl groups excluding tert-OH is 8. The molecule has 14 heteroatoms. The lowest BCUT2D eigenvalue weighted by atomic mass is 9.97. The van der Waals surface area contributed by atoms with Crippen molar-refractivity contribution in [2.45, 2.75) is 376 Å². The Morgan fingerprint density at radius 3 is 1.10 bits per heavy atom. The van der Waals surface area contributed by atoms with Crippen LogP contribution < -0.4 is 5.32 Å². The molecule has 0 radical (unpaired) electrons. The van der Waals surface area contributed by atoms with E-state index in [1.807, 2.05) is 0 Å². The Kier molecular flexibility index (Phi) is 46.4. The van der Waals surface area contributed by atoms with Crippen LogP contribution in [0.2, 0.25) is 0 Å². The van der Waals surface area contributed by atoms with E-state index >= 15 is 0 Å². The Bertz CT molecular complexity index is 1300. The van der Waals surface area contributed by atoms with Gasteiger partial charge < -0.3 is 65.1 Å². The molecule has 0 spiro atoms. The minimum Gasteiger partial charge on any atom is -0.394 e. The van der Waals surface area contributed by atoms with Crippen LogP contribution in [0.3, 0.4) is 0 Å². The summed E-state index contributed by atoms with van der Waals surface area (Å²) in [5, 5.41) is 87.3. The van der Waals surface area contributed by atoms with E-state index in [9.17, 15) is 45.6 Å². The lowest BCUT2D eigenvalue weighted by Gasteiger charge is -2.46. The topological polar surface area (TPSA) is 228 Å². The number of hydrogen-bond donors (Lipinski definition) is 9. The molecule has 12 unspecified atom stereocenters. The third-order valence-electron chi connectivity index (χ3n) is 16.6. The summed E-state index contributed by atoms with van der Waals surface area (Å²) >= 11 is 0. The molecule has 12 atom stereocenters. The molecule has 0 aromatic heterocycles. The molecule has 9 N–H and O–H groups in total. The maximum atomic E-state index is 13.2. The van der Waals surface area contributed by atoms with Crippen molar-refractivity contribution in [1.82, 2.24) is 5.32 Å². The third kappa shape index (κ3) is 34.9. The largest absolute Gasteiger partial charge is 0.394 e. The Labute approximate surface area is 470 Å². The van der Waals surface area contributed by atoms with E-state index in [0.717, 1.165) is 51.4 Å². The summed E-state index contributed by atoms with van der Waals surface area (Å²) in [6, 6.07) is -0.822. The van der Waals surface area contributed by atoms with Crippen LogP contribution in [0.4, 0.5) is 0 Å². The molecule has 2 aliphatic rings. The molecule has 0 bridgehead atoms. The number of carbonyl (C=O) groups excluding carboxylic acids is 1. The number of aliphatic hydroxyl groups is 8. The van der Waals surface area contributed by atoms with E-state index in [2.05, 4.69) is 19.2 Å². The van der Waals surface area contributed by atoms with Crippen LogP contribution in [0.15, 0.2) is 0 Å². The molecule has 2 heterocycles. The number of carbonyl (C=O) groups is 1. The molecule has 458 valence electrons. The van der Waals surface area contributed by atoms with Crippen molar-refractivity contribution in [3.63, 3.8) is 0 Å². The summed E-state index contributed by atoms with van der Waals surface area (Å²) in [5.74, 6) is -0.202. The predicted octanol–water partition coefficient (Wildman–Crippen LogP) is 12.1. The maximum absolute atomic E-state index is 13.2. The first-order chi connectivity index (χ1) is 37.6. The van der Waals surface area contributed by atoms with Crippen LogP contribution in [-0.2, 0) is 23.7 Å². The van der Waals surface area contributed by atoms with Gasteiger partial charge >= 0.3 is 0 Å². The smallest absolute Gasteiger partial charge is 0.220 e. The number of ether oxygens (including phenoxy) is 4. The Morgan fingerprint density at radius 2 is 0.740 bits per heavy atom. The van der Waals surface area contributed by atoms with Gasteiger partial charge in [-0.1, -0.05) is 284 Å². The van der Waals surface area contributed by atoms with E-state index < -0.39 is 86.8 Å². The number of rotatable bonds is 54. The summed E-state index contributed by atoms with van der Waals surface area (Å²) in [5.41, 5.74) is 0. The van der Waals surface area contributed by atoms with Gasteiger partial charge in [0.15, 0.2) is 12.6 Å². The van der Waals surface area contributed by atoms with Gasteiger partial charge in [-0.05, 0) is 12.8 Å². The van der Waals surface area contributed by atoms with Gasteiger partial charge in [0.05, 0.1) is 32.0 Å². The van der Waals surface area contributed by atoms with E-state index in [1.165, 1.54) is 225 Å². The first kappa shape index (κ1) is 72.1. The molecule has 77 heavy (non-hydrogen) atoms. The fraction of sp³-hybridized carbons (Fsp3) is 0.984. The van der Waals surface area contributed by atoms with Crippen LogP contribution in [-0.4, -0.2) is 140 Å². The summed E-state index contributed by atoms with van der Waals surface area (Å²) < 4.78 is 22.8. The Balaban J connectivity index is 1.62. The lowest BCUT2D eigenvalue weighted by Crippen LogP contribution is -2.65. The van der Waals surface area contributed by atoms with E-state index in [1.54, 1.807) is 0 Å². The van der Waals surface area contributed by atoms with Gasteiger partial charge in [-0.25, -0.2) is 0 Å². The molecular weight excluding hydrogens is 979 g/mol. The quantitative estimate of drug-likeness (QED) is 0.0259. The van der Waals surface area contributed by atoms with Crippen molar-refractivity contribution in [2.24, 2.45) is 0 Å². The average Bonchev–Trinajstić information content (AvgIpc) is 3.43. The second-order valence-electron chi connectivity index (χ2n) is 23.6. The SMILES string of the molecule is CCCCCCCCCCCCCCCCCCCCCCCCCCCCCCCCCC(O)C(COC1OC(CO)C(OC2OC(CO)C(O)C(O)C2O)C(O)C1O)NC(=O)CCCCCCCCCCCCCC. The zero-order chi connectivity index (χ0) is 56.0. The minimum atomic E-state index is -1.78. The average molecular weight is 1100 g/mol. The minimum absolute atomic E-state index is 0.202. The molecular formula is C63H123NO13. The molecule has 2 rings (SSSR count). The van der Waals surface area contributed by atoms with E-state index in [0.29, 0.717) is 12.8 Å². The zero-order valence-electron chi connectivity index (χ0n) is 49.5. The Morgan fingerprint density at radius 1 is 0.416 bits per heavy atom. The van der Waals surface area contributed by atoms with Gasteiger partial charge in [0.1, 0.15) is 48.8 Å². The van der Waals surface area contributed by atoms with Gasteiger partial charge in [-0.2, -0.15) is 0 Å². The van der Waals surface area contributed by atoms with Crippen LogP contribution in [0.1, 0.15) is 303 Å². The summed E-state index contributed by atoms with van der Waals surface area (Å²) in [6.07, 6.45) is 39.9. The summed E-state index contributed by atoms with van der Waals surface area (Å²) in [6.45, 7) is 2.89. The van der Waals surface area contributed by atoms with Gasteiger partial charge in [0.2, 0.25) is 5.91 Å². The van der Waals surface area contributed by atoms with Gasteiger partial charge in [0, 0.05) is 6.42 Å². The standard InChI is InChI=1S/C63H123NO13/c1-3-5-7-9-11-13-15-17-18-19-20-21-22-23-24-25-26-27-28-29-30-31-32-33-34-35-36-38-40-42-44-46-52(67)51(64-55(68)47-45-43-41-39-37-16-14-12-10-8-6-4-2)50-74-62-60(73)58(71)61(54(49-66)76-62)77-63-59(72)57(70)56(69)53(48-65)75-63/h51-54,56-63,65-67,69-73H,3-50H2,1-2H3,(H,64,68). The van der Waals surface area contributed by atoms with Crippen LogP contribution in [0, 0.1) is 0 Å². The van der Waals surface area contributed by atoms with E-state index in [4.69, 9.17) is 18.9 Å². The molecule has 2 fully saturated rings. The lowest BCUT2D eigenvalue weighted by molar-refractivity contribution is -0.359. The molecule has 2 aliphatic heterocycles. The molecule has 0 aromatic carbocycles. The van der Waals surface area contributed by atoms with Crippen molar-refractivity contribution in [3.8, 4) is 0 Å². The summed E-state index contributed by atoms with van der Waals surface area (Å²) in [7, 11) is 0. The van der Waals surface area contributed by atoms with Crippen LogP contribution in [0.25, 0.3) is 0 Å². The van der Waals surface area contributed by atoms with E-state index in [-0.39, 0.29) is 12.5 Å². The monoisotopic (exact) mass is 1100 g/mol. The van der Waals surface area contributed by atoms with Gasteiger partial charge in [0.25, 0.3) is 0 Å². The van der Waals surface area contributed by atoms with Crippen LogP contribution >= 0.6 is 0 Å². The predicted molar refractivity (Wildman–Crippen MR) is 309 cm³/mol. The normalized spacial score (nSPS) is 24.6. The highest BCUT2D eigenvalue weighted by Crippen LogP contribution is 2.30. The number of unbranched alkanes of at least 4 members (excludes halogenated alkanes) is 41. The highest BCUT2D eigenvalue weighted by atomic mass is 16.7. The molecule has 1 amide bonds. The number of nitrogens with one attached hydrogen (secondary N) is 1. The van der Waals surface area contributed by atoms with Crippen molar-refractivity contribution in [1.29, 1.82) is 0 Å². The van der Waals surface area contributed by atoms with Crippen molar-refractivity contribution in [2.75, 3.05) is 19.8 Å². The van der Waals surface area contributed by atoms with Crippen molar-refractivity contribution >= 4 is 5.91 Å². The van der Waals surface area contributed by atoms with Crippen LogP contribution in [0.5, 0.6) is 0 Å². The maximum Gasteiger partial charge on any atom is 0.220 e. The van der Waals surface area contributed by atoms with Gasteiger partial charge in [-0.15, -0.1) is 0 Å². The fourth-order valence-electron chi connectivity index (χ4n) is 11.3. The highest BCUT2D eigenvalue weighted by Gasteiger charge is 2.51. The third-order valence-corrected chi connectivity index (χ3v) is 16.6. The fourth-order valence-corrected chi connectivity index (χ4v) is 11.3. The number of amides is 1. The van der Waals surface area contributed by atoms with Crippen molar-refractivity contribution < 1.29 is 64.6 Å². The first-order valence-corrected chi connectivity index (χ1v) is 32.8. The molecule has 0 aliphatic carbocycles. The highest BCUT2D eigenvalue weighted by molar-refractivity contribution is 5.76. The van der Waals surface area contributed by atoms with Gasteiger partial charge in [-0.3, -0.25) is 4.79 Å². The molecule has 0 aromatic rings. The number of hydrogen-bond acceptors (Lipinski definition) is 13. The summed E-state index contributed by atoms with van der Waals surface area (Å²) in [4.78, 5) is 13.2. The second-order valence-corrected chi connectivity index (χ2v) is 23.6.